The summed E-state index contributed by atoms with van der Waals surface area (Å²) in [6.45, 7) is 4.36. The Morgan fingerprint density at radius 2 is 2.05 bits per heavy atom. The summed E-state index contributed by atoms with van der Waals surface area (Å²) < 4.78 is 25.6. The highest BCUT2D eigenvalue weighted by molar-refractivity contribution is 9.10. The average molecular weight is 379 g/mol. The van der Waals surface area contributed by atoms with Crippen molar-refractivity contribution in [3.63, 3.8) is 0 Å². The Morgan fingerprint density at radius 3 is 2.65 bits per heavy atom. The zero-order chi connectivity index (χ0) is 14.9. The van der Waals surface area contributed by atoms with Crippen LogP contribution in [0.1, 0.15) is 18.9 Å². The lowest BCUT2D eigenvalue weighted by Gasteiger charge is -2.10. The Kier molecular flexibility index (Phi) is 4.51. The number of benzene rings is 1. The maximum Gasteiger partial charge on any atom is 0.296 e. The molecule has 2 rings (SSSR count). The Morgan fingerprint density at radius 1 is 1.35 bits per heavy atom. The van der Waals surface area contributed by atoms with E-state index < -0.39 is 9.05 Å². The number of hydrogen-bond donors (Lipinski definition) is 0. The van der Waals surface area contributed by atoms with E-state index in [2.05, 4.69) is 26.1 Å². The van der Waals surface area contributed by atoms with E-state index in [1.54, 1.807) is 0 Å². The molecule has 0 amide bonds. The molecule has 1 aromatic heterocycles. The highest BCUT2D eigenvalue weighted by Crippen LogP contribution is 2.29. The summed E-state index contributed by atoms with van der Waals surface area (Å²) in [7, 11) is 1.49. The van der Waals surface area contributed by atoms with Gasteiger partial charge in [-0.15, -0.1) is 10.2 Å². The van der Waals surface area contributed by atoms with Gasteiger partial charge in [0, 0.05) is 27.3 Å². The molecule has 2 aromatic rings. The highest BCUT2D eigenvalue weighted by atomic mass is 79.9. The predicted octanol–water partition coefficient (Wildman–Crippen LogP) is 3.35. The first-order valence-corrected chi connectivity index (χ1v) is 9.09. The molecule has 20 heavy (non-hydrogen) atoms. The third-order valence-corrected chi connectivity index (χ3v) is 4.90. The molecule has 5 nitrogen and oxygen atoms in total. The van der Waals surface area contributed by atoms with Crippen LogP contribution in [0.5, 0.6) is 0 Å². The zero-order valence-electron chi connectivity index (χ0n) is 11.0. The monoisotopic (exact) mass is 377 g/mol. The van der Waals surface area contributed by atoms with Crippen LogP contribution in [0.2, 0.25) is 0 Å². The van der Waals surface area contributed by atoms with Gasteiger partial charge in [-0.05, 0) is 25.0 Å². The Bertz CT molecular complexity index is 743. The van der Waals surface area contributed by atoms with E-state index >= 15 is 0 Å². The second kappa shape index (κ2) is 5.83. The first-order chi connectivity index (χ1) is 9.36. The van der Waals surface area contributed by atoms with Gasteiger partial charge in [0.15, 0.2) is 5.82 Å². The van der Waals surface area contributed by atoms with Crippen molar-refractivity contribution in [3.05, 3.63) is 28.2 Å². The van der Waals surface area contributed by atoms with Gasteiger partial charge in [-0.1, -0.05) is 35.0 Å². The second-order valence-electron chi connectivity index (χ2n) is 4.31. The molecular weight excluding hydrogens is 366 g/mol. The summed E-state index contributed by atoms with van der Waals surface area (Å²) in [6, 6.07) is 5.66. The number of nitrogens with zero attached hydrogens (tertiary/aromatic N) is 3. The Hall–Kier alpha value is -0.920. The summed E-state index contributed by atoms with van der Waals surface area (Å²) >= 11 is 3.45. The Labute approximate surface area is 130 Å². The largest absolute Gasteiger partial charge is 0.297 e. The molecule has 0 N–H and O–H groups in total. The smallest absolute Gasteiger partial charge is 0.296 e. The van der Waals surface area contributed by atoms with Crippen LogP contribution in [-0.2, 0) is 15.6 Å². The van der Waals surface area contributed by atoms with Gasteiger partial charge in [-0.2, -0.15) is 0 Å². The normalized spacial score (nSPS) is 11.8. The van der Waals surface area contributed by atoms with Crippen molar-refractivity contribution in [2.45, 2.75) is 32.0 Å². The Balaban J connectivity index is 2.69. The molecule has 0 atom stereocenters. The van der Waals surface area contributed by atoms with Crippen LogP contribution in [0, 0.1) is 6.92 Å². The van der Waals surface area contributed by atoms with E-state index in [0.29, 0.717) is 12.4 Å². The van der Waals surface area contributed by atoms with Crippen molar-refractivity contribution in [2.75, 3.05) is 0 Å². The van der Waals surface area contributed by atoms with Gasteiger partial charge in [0.05, 0.1) is 0 Å². The summed E-state index contributed by atoms with van der Waals surface area (Å²) in [5, 5.41) is 7.52. The molecule has 0 bridgehead atoms. The molecule has 0 spiro atoms. The number of hydrogen-bond acceptors (Lipinski definition) is 4. The molecule has 1 heterocycles. The minimum absolute atomic E-state index is 0.213. The van der Waals surface area contributed by atoms with Crippen LogP contribution < -0.4 is 0 Å². The van der Waals surface area contributed by atoms with E-state index in [-0.39, 0.29) is 5.16 Å². The van der Waals surface area contributed by atoms with Crippen LogP contribution in [0.4, 0.5) is 0 Å². The third kappa shape index (κ3) is 2.89. The predicted molar refractivity (Wildman–Crippen MR) is 81.2 cm³/mol. The molecule has 0 unspecified atom stereocenters. The van der Waals surface area contributed by atoms with Crippen LogP contribution in [0.25, 0.3) is 11.4 Å². The quantitative estimate of drug-likeness (QED) is 0.765. The maximum absolute atomic E-state index is 11.6. The standard InChI is InChI=1S/C12H13BrClN3O2S/c1-3-7-17-11(15-16-12(17)20(14,18)19)9-5-4-6-10(13)8(9)2/h4-6H,3,7H2,1-2H3. The molecule has 0 saturated heterocycles. The first kappa shape index (κ1) is 15.5. The molecule has 0 radical (unpaired) electrons. The number of rotatable bonds is 4. The first-order valence-electron chi connectivity index (χ1n) is 5.99. The average Bonchev–Trinajstić information content (AvgIpc) is 2.77. The molecule has 0 fully saturated rings. The lowest BCUT2D eigenvalue weighted by atomic mass is 10.1. The van der Waals surface area contributed by atoms with Crippen molar-refractivity contribution >= 4 is 35.7 Å². The van der Waals surface area contributed by atoms with Crippen LogP contribution in [0.15, 0.2) is 27.8 Å². The second-order valence-corrected chi connectivity index (χ2v) is 7.62. The van der Waals surface area contributed by atoms with Gasteiger partial charge < -0.3 is 0 Å². The molecule has 0 aliphatic heterocycles. The zero-order valence-corrected chi connectivity index (χ0v) is 14.1. The maximum atomic E-state index is 11.6. The van der Waals surface area contributed by atoms with Crippen LogP contribution in [-0.4, -0.2) is 23.2 Å². The molecule has 108 valence electrons. The molecule has 1 aromatic carbocycles. The molecular formula is C12H13BrClN3O2S. The fourth-order valence-corrected chi connectivity index (χ4v) is 3.23. The van der Waals surface area contributed by atoms with Gasteiger partial charge in [-0.3, -0.25) is 4.57 Å². The number of halogens is 2. The molecule has 0 aliphatic rings. The van der Waals surface area contributed by atoms with Gasteiger partial charge in [0.1, 0.15) is 0 Å². The van der Waals surface area contributed by atoms with Gasteiger partial charge in [-0.25, -0.2) is 8.42 Å². The van der Waals surface area contributed by atoms with Crippen molar-refractivity contribution in [2.24, 2.45) is 0 Å². The molecule has 0 aliphatic carbocycles. The van der Waals surface area contributed by atoms with E-state index in [0.717, 1.165) is 22.0 Å². The topological polar surface area (TPSA) is 64.8 Å². The van der Waals surface area contributed by atoms with Gasteiger partial charge in [0.25, 0.3) is 14.2 Å². The van der Waals surface area contributed by atoms with E-state index in [4.69, 9.17) is 10.7 Å². The van der Waals surface area contributed by atoms with E-state index in [9.17, 15) is 8.42 Å². The minimum Gasteiger partial charge on any atom is -0.297 e. The van der Waals surface area contributed by atoms with Crippen molar-refractivity contribution in [1.82, 2.24) is 14.8 Å². The van der Waals surface area contributed by atoms with Crippen LogP contribution in [0.3, 0.4) is 0 Å². The summed E-state index contributed by atoms with van der Waals surface area (Å²) in [5.74, 6) is 0.505. The lowest BCUT2D eigenvalue weighted by Crippen LogP contribution is -2.08. The number of aromatic nitrogens is 3. The fraction of sp³-hybridized carbons (Fsp3) is 0.333. The fourth-order valence-electron chi connectivity index (χ4n) is 1.94. The highest BCUT2D eigenvalue weighted by Gasteiger charge is 2.23. The summed E-state index contributed by atoms with van der Waals surface area (Å²) in [4.78, 5) is 0. The van der Waals surface area contributed by atoms with Crippen LogP contribution >= 0.6 is 26.6 Å². The van der Waals surface area contributed by atoms with Crippen molar-refractivity contribution < 1.29 is 8.42 Å². The van der Waals surface area contributed by atoms with Gasteiger partial charge >= 0.3 is 0 Å². The SMILES string of the molecule is CCCn1c(-c2cccc(Br)c2C)nnc1S(=O)(=O)Cl. The van der Waals surface area contributed by atoms with Crippen molar-refractivity contribution in [1.29, 1.82) is 0 Å². The minimum atomic E-state index is -3.92. The summed E-state index contributed by atoms with van der Waals surface area (Å²) in [6.07, 6.45) is 0.748. The third-order valence-electron chi connectivity index (χ3n) is 2.89. The molecule has 8 heteroatoms. The summed E-state index contributed by atoms with van der Waals surface area (Å²) in [5.41, 5.74) is 1.79. The van der Waals surface area contributed by atoms with Crippen molar-refractivity contribution in [3.8, 4) is 11.4 Å². The van der Waals surface area contributed by atoms with Gasteiger partial charge in [0.2, 0.25) is 0 Å². The van der Waals surface area contributed by atoms with E-state index in [1.165, 1.54) is 4.57 Å². The molecule has 0 saturated carbocycles. The lowest BCUT2D eigenvalue weighted by molar-refractivity contribution is 0.570. The van der Waals surface area contributed by atoms with E-state index in [1.807, 2.05) is 32.0 Å².